The first kappa shape index (κ1) is 12.3. The molecule has 18 heavy (non-hydrogen) atoms. The highest BCUT2D eigenvalue weighted by atomic mass is 16.5. The van der Waals surface area contributed by atoms with Crippen LogP contribution in [0.4, 0.5) is 0 Å². The van der Waals surface area contributed by atoms with Crippen molar-refractivity contribution in [3.63, 3.8) is 0 Å². The first-order valence-electron chi connectivity index (χ1n) is 5.59. The molecule has 0 spiro atoms. The zero-order chi connectivity index (χ0) is 13.1. The van der Waals surface area contributed by atoms with Crippen LogP contribution in [0.5, 0.6) is 0 Å². The Kier molecular flexibility index (Phi) is 3.40. The number of carbonyl (C=O) groups excluding carboxylic acids is 1. The van der Waals surface area contributed by atoms with Crippen LogP contribution in [0, 0.1) is 6.92 Å². The molecule has 2 aromatic heterocycles. The SMILES string of the molecule is Cc1cc(CN(C)C(=O)C(C)n2cncn2)no1. The highest BCUT2D eigenvalue weighted by molar-refractivity contribution is 5.79. The number of hydrogen-bond acceptors (Lipinski definition) is 5. The van der Waals surface area contributed by atoms with E-state index in [4.69, 9.17) is 4.52 Å². The molecule has 2 rings (SSSR count). The molecule has 1 unspecified atom stereocenters. The normalized spacial score (nSPS) is 12.4. The summed E-state index contributed by atoms with van der Waals surface area (Å²) in [5.74, 6) is 0.677. The summed E-state index contributed by atoms with van der Waals surface area (Å²) in [7, 11) is 1.72. The lowest BCUT2D eigenvalue weighted by Gasteiger charge is -2.20. The van der Waals surface area contributed by atoms with Crippen LogP contribution in [-0.2, 0) is 11.3 Å². The molecule has 0 radical (unpaired) electrons. The van der Waals surface area contributed by atoms with Gasteiger partial charge in [-0.3, -0.25) is 4.79 Å². The van der Waals surface area contributed by atoms with Gasteiger partial charge in [-0.15, -0.1) is 0 Å². The standard InChI is InChI=1S/C11H15N5O2/c1-8-4-10(14-18-8)5-15(3)11(17)9(2)16-7-12-6-13-16/h4,6-7,9H,5H2,1-3H3. The molecule has 0 aliphatic rings. The molecular formula is C11H15N5O2. The van der Waals surface area contributed by atoms with Crippen molar-refractivity contribution < 1.29 is 9.32 Å². The number of rotatable bonds is 4. The van der Waals surface area contributed by atoms with E-state index in [9.17, 15) is 4.79 Å². The molecule has 0 aliphatic carbocycles. The van der Waals surface area contributed by atoms with Crippen molar-refractivity contribution in [2.24, 2.45) is 0 Å². The number of nitrogens with zero attached hydrogens (tertiary/aromatic N) is 5. The molecule has 2 heterocycles. The summed E-state index contributed by atoms with van der Waals surface area (Å²) in [6.07, 6.45) is 2.93. The van der Waals surface area contributed by atoms with Gasteiger partial charge in [0.2, 0.25) is 5.91 Å². The van der Waals surface area contributed by atoms with Gasteiger partial charge in [0.25, 0.3) is 0 Å². The van der Waals surface area contributed by atoms with Crippen LogP contribution in [-0.4, -0.2) is 37.8 Å². The molecule has 1 atom stereocenters. The van der Waals surface area contributed by atoms with Gasteiger partial charge in [-0.25, -0.2) is 9.67 Å². The number of carbonyl (C=O) groups is 1. The summed E-state index contributed by atoms with van der Waals surface area (Å²) < 4.78 is 6.48. The molecule has 0 N–H and O–H groups in total. The lowest BCUT2D eigenvalue weighted by atomic mass is 10.3. The lowest BCUT2D eigenvalue weighted by molar-refractivity contribution is -0.133. The van der Waals surface area contributed by atoms with Gasteiger partial charge in [0, 0.05) is 13.1 Å². The van der Waals surface area contributed by atoms with Crippen LogP contribution < -0.4 is 0 Å². The molecule has 7 heteroatoms. The van der Waals surface area contributed by atoms with E-state index in [2.05, 4.69) is 15.2 Å². The van der Waals surface area contributed by atoms with Gasteiger partial charge >= 0.3 is 0 Å². The van der Waals surface area contributed by atoms with E-state index in [1.54, 1.807) is 18.9 Å². The van der Waals surface area contributed by atoms with E-state index in [1.807, 2.05) is 13.0 Å². The van der Waals surface area contributed by atoms with Crippen molar-refractivity contribution in [3.8, 4) is 0 Å². The number of aromatic nitrogens is 4. The Hall–Kier alpha value is -2.18. The van der Waals surface area contributed by atoms with Gasteiger partial charge in [-0.2, -0.15) is 5.10 Å². The molecule has 0 fully saturated rings. The second-order valence-corrected chi connectivity index (χ2v) is 4.17. The second kappa shape index (κ2) is 4.99. The average Bonchev–Trinajstić information content (AvgIpc) is 2.98. The topological polar surface area (TPSA) is 77.1 Å². The van der Waals surface area contributed by atoms with E-state index in [0.29, 0.717) is 6.54 Å². The van der Waals surface area contributed by atoms with Gasteiger partial charge in [0.1, 0.15) is 30.2 Å². The molecular weight excluding hydrogens is 234 g/mol. The molecule has 0 saturated carbocycles. The Morgan fingerprint density at radius 3 is 2.94 bits per heavy atom. The maximum Gasteiger partial charge on any atom is 0.247 e. The fourth-order valence-electron chi connectivity index (χ4n) is 1.66. The minimum absolute atomic E-state index is 0.0545. The van der Waals surface area contributed by atoms with Crippen LogP contribution >= 0.6 is 0 Å². The van der Waals surface area contributed by atoms with E-state index in [0.717, 1.165) is 11.5 Å². The number of amides is 1. The van der Waals surface area contributed by atoms with Crippen molar-refractivity contribution >= 4 is 5.91 Å². The lowest BCUT2D eigenvalue weighted by Crippen LogP contribution is -2.33. The van der Waals surface area contributed by atoms with Crippen molar-refractivity contribution in [1.29, 1.82) is 0 Å². The highest BCUT2D eigenvalue weighted by Gasteiger charge is 2.20. The Morgan fingerprint density at radius 1 is 1.61 bits per heavy atom. The maximum atomic E-state index is 12.1. The zero-order valence-electron chi connectivity index (χ0n) is 10.6. The third-order valence-electron chi connectivity index (χ3n) is 2.64. The monoisotopic (exact) mass is 249 g/mol. The van der Waals surface area contributed by atoms with E-state index in [1.165, 1.54) is 17.3 Å². The van der Waals surface area contributed by atoms with Crippen molar-refractivity contribution in [3.05, 3.63) is 30.2 Å². The average molecular weight is 249 g/mol. The maximum absolute atomic E-state index is 12.1. The van der Waals surface area contributed by atoms with E-state index >= 15 is 0 Å². The third kappa shape index (κ3) is 2.55. The summed E-state index contributed by atoms with van der Waals surface area (Å²) in [4.78, 5) is 17.5. The van der Waals surface area contributed by atoms with Crippen LogP contribution in [0.3, 0.4) is 0 Å². The van der Waals surface area contributed by atoms with Gasteiger partial charge in [0.15, 0.2) is 0 Å². The number of hydrogen-bond donors (Lipinski definition) is 0. The van der Waals surface area contributed by atoms with Crippen molar-refractivity contribution in [2.45, 2.75) is 26.4 Å². The van der Waals surface area contributed by atoms with Crippen molar-refractivity contribution in [1.82, 2.24) is 24.8 Å². The Bertz CT molecular complexity index is 519. The summed E-state index contributed by atoms with van der Waals surface area (Å²) in [6.45, 7) is 4.01. The Balaban J connectivity index is 2.00. The van der Waals surface area contributed by atoms with Gasteiger partial charge in [-0.05, 0) is 13.8 Å². The van der Waals surface area contributed by atoms with Crippen LogP contribution in [0.2, 0.25) is 0 Å². The molecule has 7 nitrogen and oxygen atoms in total. The fourth-order valence-corrected chi connectivity index (χ4v) is 1.66. The molecule has 0 saturated heterocycles. The van der Waals surface area contributed by atoms with Gasteiger partial charge in [0.05, 0.1) is 6.54 Å². The van der Waals surface area contributed by atoms with Gasteiger partial charge in [-0.1, -0.05) is 5.16 Å². The summed E-state index contributed by atoms with van der Waals surface area (Å²) in [5.41, 5.74) is 0.731. The van der Waals surface area contributed by atoms with Crippen LogP contribution in [0.1, 0.15) is 24.4 Å². The second-order valence-electron chi connectivity index (χ2n) is 4.17. The number of aryl methyl sites for hydroxylation is 1. The molecule has 2 aromatic rings. The third-order valence-corrected chi connectivity index (χ3v) is 2.64. The zero-order valence-corrected chi connectivity index (χ0v) is 10.6. The predicted octanol–water partition coefficient (Wildman–Crippen LogP) is 0.794. The summed E-state index contributed by atoms with van der Waals surface area (Å²) >= 11 is 0. The number of likely N-dealkylation sites (N-methyl/N-ethyl adjacent to an activating group) is 1. The first-order valence-corrected chi connectivity index (χ1v) is 5.59. The van der Waals surface area contributed by atoms with Crippen LogP contribution in [0.25, 0.3) is 0 Å². The highest BCUT2D eigenvalue weighted by Crippen LogP contribution is 2.10. The molecule has 1 amide bonds. The van der Waals surface area contributed by atoms with E-state index in [-0.39, 0.29) is 11.9 Å². The molecule has 0 bridgehead atoms. The Morgan fingerprint density at radius 2 is 2.39 bits per heavy atom. The minimum atomic E-state index is -0.384. The molecule has 96 valence electrons. The quantitative estimate of drug-likeness (QED) is 0.800. The largest absolute Gasteiger partial charge is 0.361 e. The fraction of sp³-hybridized carbons (Fsp3) is 0.455. The predicted molar refractivity (Wildman–Crippen MR) is 62.4 cm³/mol. The van der Waals surface area contributed by atoms with Gasteiger partial charge < -0.3 is 9.42 Å². The smallest absolute Gasteiger partial charge is 0.247 e. The van der Waals surface area contributed by atoms with Crippen molar-refractivity contribution in [2.75, 3.05) is 7.05 Å². The van der Waals surface area contributed by atoms with Crippen LogP contribution in [0.15, 0.2) is 23.2 Å². The molecule has 0 aliphatic heterocycles. The van der Waals surface area contributed by atoms with E-state index < -0.39 is 0 Å². The summed E-state index contributed by atoms with van der Waals surface area (Å²) in [5, 5.41) is 7.81. The Labute approximate surface area is 104 Å². The summed E-state index contributed by atoms with van der Waals surface area (Å²) in [6, 6.07) is 1.43. The first-order chi connectivity index (χ1) is 8.58. The molecule has 0 aromatic carbocycles. The minimum Gasteiger partial charge on any atom is -0.361 e.